The zero-order valence-corrected chi connectivity index (χ0v) is 10.5. The number of hydrogen-bond donors (Lipinski definition) is 2. The lowest BCUT2D eigenvalue weighted by Gasteiger charge is -2.24. The van der Waals surface area contributed by atoms with Gasteiger partial charge in [0.25, 0.3) is 0 Å². The zero-order valence-electron chi connectivity index (χ0n) is 10.5. The average molecular weight is 289 g/mol. The highest BCUT2D eigenvalue weighted by Gasteiger charge is 2.35. The molecule has 1 aromatic rings. The van der Waals surface area contributed by atoms with Gasteiger partial charge in [0.2, 0.25) is 0 Å². The van der Waals surface area contributed by atoms with Crippen molar-refractivity contribution in [3.63, 3.8) is 0 Å². The lowest BCUT2D eigenvalue weighted by atomic mass is 10.0. The van der Waals surface area contributed by atoms with Crippen LogP contribution in [0.5, 0.6) is 0 Å². The molecular formula is C13H14F3NO3. The van der Waals surface area contributed by atoms with E-state index in [0.717, 1.165) is 25.0 Å². The van der Waals surface area contributed by atoms with Crippen LogP contribution < -0.4 is 5.32 Å². The summed E-state index contributed by atoms with van der Waals surface area (Å²) in [5, 5.41) is 11.7. The van der Waals surface area contributed by atoms with Gasteiger partial charge in [-0.2, -0.15) is 13.2 Å². The van der Waals surface area contributed by atoms with Crippen LogP contribution in [0.4, 0.5) is 18.9 Å². The first-order chi connectivity index (χ1) is 9.38. The molecule has 0 amide bonds. The summed E-state index contributed by atoms with van der Waals surface area (Å²) in [6, 6.07) is 3.09. The smallest absolute Gasteiger partial charge is 0.417 e. The van der Waals surface area contributed by atoms with Gasteiger partial charge in [0.1, 0.15) is 0 Å². The Labute approximate surface area is 113 Å². The van der Waals surface area contributed by atoms with Crippen LogP contribution in [0.3, 0.4) is 0 Å². The maximum atomic E-state index is 12.9. The summed E-state index contributed by atoms with van der Waals surface area (Å²) in [4.78, 5) is 10.8. The Morgan fingerprint density at radius 3 is 2.70 bits per heavy atom. The standard InChI is InChI=1S/C13H14F3NO3/c14-13(15,16)11-6-8(3-4-10(11)12(18)19)17-9-2-1-5-20-7-9/h3-4,6,9,17H,1-2,5,7H2,(H,18,19). The Morgan fingerprint density at radius 2 is 2.15 bits per heavy atom. The minimum atomic E-state index is -4.70. The van der Waals surface area contributed by atoms with Gasteiger partial charge in [0, 0.05) is 18.3 Å². The molecule has 0 saturated carbocycles. The lowest BCUT2D eigenvalue weighted by Crippen LogP contribution is -2.30. The molecule has 0 radical (unpaired) electrons. The van der Waals surface area contributed by atoms with Gasteiger partial charge in [-0.25, -0.2) is 4.79 Å². The number of anilines is 1. The number of carboxylic acid groups (broad SMARTS) is 1. The molecule has 1 saturated heterocycles. The van der Waals surface area contributed by atoms with Crippen molar-refractivity contribution in [1.29, 1.82) is 0 Å². The molecule has 0 spiro atoms. The third kappa shape index (κ3) is 3.41. The second kappa shape index (κ2) is 5.70. The molecule has 2 N–H and O–H groups in total. The maximum absolute atomic E-state index is 12.9. The van der Waals surface area contributed by atoms with E-state index in [1.807, 2.05) is 0 Å². The second-order valence-electron chi connectivity index (χ2n) is 4.62. The van der Waals surface area contributed by atoms with Crippen LogP contribution in [0.2, 0.25) is 0 Å². The van der Waals surface area contributed by atoms with E-state index in [1.54, 1.807) is 0 Å². The van der Waals surface area contributed by atoms with Crippen molar-refractivity contribution < 1.29 is 27.8 Å². The van der Waals surface area contributed by atoms with E-state index in [4.69, 9.17) is 9.84 Å². The van der Waals surface area contributed by atoms with Gasteiger partial charge in [-0.15, -0.1) is 0 Å². The van der Waals surface area contributed by atoms with Gasteiger partial charge in [0.05, 0.1) is 17.7 Å². The zero-order chi connectivity index (χ0) is 14.8. The summed E-state index contributed by atoms with van der Waals surface area (Å²) in [6.45, 7) is 1.09. The molecule has 0 bridgehead atoms. The summed E-state index contributed by atoms with van der Waals surface area (Å²) < 4.78 is 43.8. The normalized spacial score (nSPS) is 19.6. The van der Waals surface area contributed by atoms with Crippen LogP contribution >= 0.6 is 0 Å². The van der Waals surface area contributed by atoms with Gasteiger partial charge in [0.15, 0.2) is 0 Å². The number of carboxylic acids is 1. The molecule has 1 fully saturated rings. The fourth-order valence-electron chi connectivity index (χ4n) is 2.15. The van der Waals surface area contributed by atoms with Crippen LogP contribution in [-0.4, -0.2) is 30.3 Å². The van der Waals surface area contributed by atoms with Gasteiger partial charge in [-0.1, -0.05) is 0 Å². The van der Waals surface area contributed by atoms with Gasteiger partial charge in [-0.05, 0) is 31.0 Å². The fourth-order valence-corrected chi connectivity index (χ4v) is 2.15. The Bertz CT molecular complexity index is 496. The quantitative estimate of drug-likeness (QED) is 0.898. The van der Waals surface area contributed by atoms with Crippen LogP contribution in [0.1, 0.15) is 28.8 Å². The SMILES string of the molecule is O=C(O)c1ccc(NC2CCCOC2)cc1C(F)(F)F. The molecule has 4 nitrogen and oxygen atoms in total. The maximum Gasteiger partial charge on any atom is 0.417 e. The first kappa shape index (κ1) is 14.6. The summed E-state index contributed by atoms with van der Waals surface area (Å²) in [5.41, 5.74) is -1.65. The molecule has 1 unspecified atom stereocenters. The molecule has 1 atom stereocenters. The van der Waals surface area contributed by atoms with Crippen LogP contribution in [-0.2, 0) is 10.9 Å². The highest BCUT2D eigenvalue weighted by molar-refractivity contribution is 5.90. The molecule has 0 aromatic heterocycles. The number of rotatable bonds is 3. The first-order valence-corrected chi connectivity index (χ1v) is 6.17. The number of benzene rings is 1. The predicted octanol–water partition coefficient (Wildman–Crippen LogP) is 2.99. The molecule has 1 aliphatic heterocycles. The highest BCUT2D eigenvalue weighted by atomic mass is 19.4. The minimum Gasteiger partial charge on any atom is -0.478 e. The Kier molecular flexibility index (Phi) is 4.17. The highest BCUT2D eigenvalue weighted by Crippen LogP contribution is 2.34. The van der Waals surface area contributed by atoms with Crippen molar-refractivity contribution in [3.05, 3.63) is 29.3 Å². The molecule has 1 aliphatic rings. The van der Waals surface area contributed by atoms with Crippen LogP contribution in [0.25, 0.3) is 0 Å². The number of aromatic carboxylic acids is 1. The molecule has 0 aliphatic carbocycles. The third-order valence-electron chi connectivity index (χ3n) is 3.09. The number of alkyl halides is 3. The Balaban J connectivity index is 2.25. The summed E-state index contributed by atoms with van der Waals surface area (Å²) in [7, 11) is 0. The number of nitrogens with one attached hydrogen (secondary N) is 1. The van der Waals surface area contributed by atoms with E-state index < -0.39 is 23.3 Å². The first-order valence-electron chi connectivity index (χ1n) is 6.17. The summed E-state index contributed by atoms with van der Waals surface area (Å²) in [5.74, 6) is -1.59. The summed E-state index contributed by atoms with van der Waals surface area (Å²) >= 11 is 0. The largest absolute Gasteiger partial charge is 0.478 e. The molecular weight excluding hydrogens is 275 g/mol. The van der Waals surface area contributed by atoms with Crippen molar-refractivity contribution in [2.45, 2.75) is 25.1 Å². The Hall–Kier alpha value is -1.76. The van der Waals surface area contributed by atoms with Gasteiger partial charge < -0.3 is 15.2 Å². The third-order valence-corrected chi connectivity index (χ3v) is 3.09. The topological polar surface area (TPSA) is 58.6 Å². The van der Waals surface area contributed by atoms with E-state index >= 15 is 0 Å². The minimum absolute atomic E-state index is 0.0551. The van der Waals surface area contributed by atoms with Crippen LogP contribution in [0, 0.1) is 0 Å². The molecule has 7 heteroatoms. The van der Waals surface area contributed by atoms with E-state index in [1.165, 1.54) is 6.07 Å². The van der Waals surface area contributed by atoms with Crippen LogP contribution in [0.15, 0.2) is 18.2 Å². The molecule has 1 heterocycles. The fraction of sp³-hybridized carbons (Fsp3) is 0.462. The van der Waals surface area contributed by atoms with Gasteiger partial charge in [-0.3, -0.25) is 0 Å². The average Bonchev–Trinajstić information content (AvgIpc) is 2.38. The molecule has 110 valence electrons. The molecule has 2 rings (SSSR count). The van der Waals surface area contributed by atoms with E-state index in [0.29, 0.717) is 13.2 Å². The monoisotopic (exact) mass is 289 g/mol. The molecule has 20 heavy (non-hydrogen) atoms. The van der Waals surface area contributed by atoms with Crippen molar-refractivity contribution in [1.82, 2.24) is 0 Å². The van der Waals surface area contributed by atoms with Crippen molar-refractivity contribution in [2.24, 2.45) is 0 Å². The van der Waals surface area contributed by atoms with E-state index in [-0.39, 0.29) is 11.7 Å². The van der Waals surface area contributed by atoms with E-state index in [2.05, 4.69) is 5.32 Å². The molecule has 1 aromatic carbocycles. The number of carbonyl (C=O) groups is 1. The Morgan fingerprint density at radius 1 is 1.40 bits per heavy atom. The number of ether oxygens (including phenoxy) is 1. The van der Waals surface area contributed by atoms with Gasteiger partial charge >= 0.3 is 12.1 Å². The van der Waals surface area contributed by atoms with Crippen molar-refractivity contribution in [2.75, 3.05) is 18.5 Å². The van der Waals surface area contributed by atoms with Crippen molar-refractivity contribution in [3.8, 4) is 0 Å². The number of halogens is 3. The van der Waals surface area contributed by atoms with Crippen molar-refractivity contribution >= 4 is 11.7 Å². The lowest BCUT2D eigenvalue weighted by molar-refractivity contribution is -0.138. The predicted molar refractivity (Wildman–Crippen MR) is 65.9 cm³/mol. The second-order valence-corrected chi connectivity index (χ2v) is 4.62. The number of hydrogen-bond acceptors (Lipinski definition) is 3. The summed E-state index contributed by atoms with van der Waals surface area (Å²) in [6.07, 6.45) is -3.05. The van der Waals surface area contributed by atoms with E-state index in [9.17, 15) is 18.0 Å².